The van der Waals surface area contributed by atoms with Crippen molar-refractivity contribution in [3.8, 4) is 56.7 Å². The van der Waals surface area contributed by atoms with E-state index in [1.165, 1.54) is 0 Å². The molecule has 1 aliphatic heterocycles. The largest absolute Gasteiger partial charge is 0.494 e. The molecule has 0 bridgehead atoms. The van der Waals surface area contributed by atoms with Gasteiger partial charge < -0.3 is 9.31 Å². The van der Waals surface area contributed by atoms with Crippen LogP contribution in [0, 0.1) is 13.8 Å². The van der Waals surface area contributed by atoms with Crippen LogP contribution >= 0.6 is 0 Å². The minimum atomic E-state index is -0.612. The van der Waals surface area contributed by atoms with Gasteiger partial charge in [0.05, 0.1) is 11.2 Å². The highest BCUT2D eigenvalue weighted by molar-refractivity contribution is 6.62. The average Bonchev–Trinajstić information content (AvgIpc) is 3.30. The molecule has 6 aromatic rings. The summed E-state index contributed by atoms with van der Waals surface area (Å²) in [4.78, 5) is 25.1. The summed E-state index contributed by atoms with van der Waals surface area (Å²) in [5.41, 5.74) is 6.87. The number of hydrogen-bond donors (Lipinski definition) is 0. The molecular weight excluding hydrogens is 581 g/mol. The maximum Gasteiger partial charge on any atom is 0.494 e. The van der Waals surface area contributed by atoms with E-state index >= 15 is 0 Å². The standard InChI is InChI=1S/C39H36BN5O2/c1-25-22-26(2)42-37(41-25)33-31(27-16-10-7-11-17-27)23-30(40-46-38(3,4)39(5,6)47-40)24-32(33)36-44-34(28-18-12-8-13-19-28)43-35(45-36)29-20-14-9-15-21-29/h7-24H,1-6H3. The average molecular weight is 618 g/mol. The molecule has 0 unspecified atom stereocenters. The Balaban J connectivity index is 1.57. The Hall–Kier alpha value is -5.05. The van der Waals surface area contributed by atoms with Crippen molar-refractivity contribution >= 4 is 12.6 Å². The highest BCUT2D eigenvalue weighted by Gasteiger charge is 2.52. The Kier molecular flexibility index (Phi) is 7.78. The number of rotatable bonds is 6. The van der Waals surface area contributed by atoms with Crippen LogP contribution in [0.1, 0.15) is 39.1 Å². The smallest absolute Gasteiger partial charge is 0.399 e. The summed E-state index contributed by atoms with van der Waals surface area (Å²) in [7, 11) is -0.612. The van der Waals surface area contributed by atoms with E-state index < -0.39 is 18.3 Å². The Morgan fingerprint density at radius 1 is 0.468 bits per heavy atom. The predicted molar refractivity (Wildman–Crippen MR) is 188 cm³/mol. The van der Waals surface area contributed by atoms with E-state index in [1.54, 1.807) is 0 Å². The molecule has 2 aromatic heterocycles. The van der Waals surface area contributed by atoms with Gasteiger partial charge in [-0.2, -0.15) is 0 Å². The molecule has 1 saturated heterocycles. The van der Waals surface area contributed by atoms with Gasteiger partial charge in [-0.05, 0) is 64.2 Å². The van der Waals surface area contributed by atoms with Crippen molar-refractivity contribution in [1.29, 1.82) is 0 Å². The first-order valence-corrected chi connectivity index (χ1v) is 15.9. The lowest BCUT2D eigenvalue weighted by Crippen LogP contribution is -2.41. The molecule has 47 heavy (non-hydrogen) atoms. The zero-order valence-corrected chi connectivity index (χ0v) is 27.5. The highest BCUT2D eigenvalue weighted by Crippen LogP contribution is 2.41. The van der Waals surface area contributed by atoms with E-state index in [0.29, 0.717) is 23.3 Å². The molecule has 0 amide bonds. The van der Waals surface area contributed by atoms with E-state index in [2.05, 4.69) is 52.0 Å². The molecule has 0 saturated carbocycles. The summed E-state index contributed by atoms with van der Waals surface area (Å²) in [6.45, 7) is 12.2. The summed E-state index contributed by atoms with van der Waals surface area (Å²) in [5, 5.41) is 0. The Labute approximate surface area is 276 Å². The van der Waals surface area contributed by atoms with Gasteiger partial charge in [-0.25, -0.2) is 24.9 Å². The molecule has 4 aromatic carbocycles. The van der Waals surface area contributed by atoms with Crippen LogP contribution in [0.2, 0.25) is 0 Å². The zero-order valence-electron chi connectivity index (χ0n) is 27.5. The van der Waals surface area contributed by atoms with Gasteiger partial charge in [0.15, 0.2) is 23.3 Å². The van der Waals surface area contributed by atoms with Crippen LogP contribution < -0.4 is 5.46 Å². The summed E-state index contributed by atoms with van der Waals surface area (Å²) < 4.78 is 13.2. The molecule has 0 aliphatic carbocycles. The molecule has 1 aliphatic rings. The second kappa shape index (κ2) is 12.0. The molecule has 0 atom stereocenters. The normalized spacial score (nSPS) is 15.1. The Morgan fingerprint density at radius 2 is 0.894 bits per heavy atom. The molecule has 0 spiro atoms. The van der Waals surface area contributed by atoms with E-state index in [-0.39, 0.29) is 0 Å². The molecule has 1 fully saturated rings. The van der Waals surface area contributed by atoms with Crippen LogP contribution in [0.5, 0.6) is 0 Å². The Bertz CT molecular complexity index is 1980. The van der Waals surface area contributed by atoms with Gasteiger partial charge in [0.1, 0.15) is 0 Å². The number of aromatic nitrogens is 5. The third-order valence-corrected chi connectivity index (χ3v) is 8.92. The van der Waals surface area contributed by atoms with Crippen molar-refractivity contribution in [2.45, 2.75) is 52.7 Å². The number of aryl methyl sites for hydroxylation is 2. The maximum absolute atomic E-state index is 6.60. The molecule has 8 heteroatoms. The van der Waals surface area contributed by atoms with Crippen molar-refractivity contribution < 1.29 is 9.31 Å². The third-order valence-electron chi connectivity index (χ3n) is 8.92. The molecule has 0 radical (unpaired) electrons. The summed E-state index contributed by atoms with van der Waals surface area (Å²) in [5.74, 6) is 2.25. The first-order valence-electron chi connectivity index (χ1n) is 15.9. The topological polar surface area (TPSA) is 82.9 Å². The SMILES string of the molecule is Cc1cc(C)nc(-c2c(-c3ccccc3)cc(B3OC(C)(C)C(C)(C)O3)cc2-c2nc(-c3ccccc3)nc(-c3ccccc3)n2)n1. The van der Waals surface area contributed by atoms with Crippen molar-refractivity contribution in [3.63, 3.8) is 0 Å². The summed E-state index contributed by atoms with van der Waals surface area (Å²) in [6, 6.07) is 36.4. The molecule has 3 heterocycles. The first-order chi connectivity index (χ1) is 22.6. The van der Waals surface area contributed by atoms with Crippen LogP contribution in [0.15, 0.2) is 109 Å². The van der Waals surface area contributed by atoms with Gasteiger partial charge in [-0.1, -0.05) is 103 Å². The lowest BCUT2D eigenvalue weighted by molar-refractivity contribution is 0.00578. The van der Waals surface area contributed by atoms with Crippen molar-refractivity contribution in [3.05, 3.63) is 121 Å². The van der Waals surface area contributed by atoms with E-state index in [0.717, 1.165) is 50.2 Å². The quantitative estimate of drug-likeness (QED) is 0.176. The van der Waals surface area contributed by atoms with E-state index in [4.69, 9.17) is 34.2 Å². The summed E-state index contributed by atoms with van der Waals surface area (Å²) >= 11 is 0. The monoisotopic (exact) mass is 617 g/mol. The first kappa shape index (κ1) is 30.6. The number of nitrogens with zero attached hydrogens (tertiary/aromatic N) is 5. The minimum Gasteiger partial charge on any atom is -0.399 e. The molecular formula is C39H36BN5O2. The second-order valence-electron chi connectivity index (χ2n) is 13.0. The van der Waals surface area contributed by atoms with Gasteiger partial charge in [0.25, 0.3) is 0 Å². The number of benzene rings is 4. The Morgan fingerprint density at radius 3 is 1.38 bits per heavy atom. The molecule has 232 valence electrons. The lowest BCUT2D eigenvalue weighted by Gasteiger charge is -2.32. The maximum atomic E-state index is 6.60. The lowest BCUT2D eigenvalue weighted by atomic mass is 9.75. The number of hydrogen-bond acceptors (Lipinski definition) is 7. The second-order valence-corrected chi connectivity index (χ2v) is 13.0. The molecule has 7 nitrogen and oxygen atoms in total. The van der Waals surface area contributed by atoms with Gasteiger partial charge in [0.2, 0.25) is 0 Å². The van der Waals surface area contributed by atoms with Crippen molar-refractivity contribution in [2.75, 3.05) is 0 Å². The highest BCUT2D eigenvalue weighted by atomic mass is 16.7. The van der Waals surface area contributed by atoms with Crippen LogP contribution in [0.4, 0.5) is 0 Å². The van der Waals surface area contributed by atoms with Crippen LogP contribution in [0.3, 0.4) is 0 Å². The zero-order chi connectivity index (χ0) is 32.8. The van der Waals surface area contributed by atoms with Crippen molar-refractivity contribution in [1.82, 2.24) is 24.9 Å². The van der Waals surface area contributed by atoms with Gasteiger partial charge in [0, 0.05) is 33.6 Å². The minimum absolute atomic E-state index is 0.506. The fourth-order valence-electron chi connectivity index (χ4n) is 5.81. The van der Waals surface area contributed by atoms with E-state index in [9.17, 15) is 0 Å². The fourth-order valence-corrected chi connectivity index (χ4v) is 5.81. The van der Waals surface area contributed by atoms with Gasteiger partial charge in [-0.3, -0.25) is 0 Å². The predicted octanol–water partition coefficient (Wildman–Crippen LogP) is 7.91. The fraction of sp³-hybridized carbons (Fsp3) is 0.205. The van der Waals surface area contributed by atoms with Crippen LogP contribution in [0.25, 0.3) is 56.7 Å². The van der Waals surface area contributed by atoms with Gasteiger partial charge >= 0.3 is 7.12 Å². The van der Waals surface area contributed by atoms with E-state index in [1.807, 2.05) is 98.8 Å². The summed E-state index contributed by atoms with van der Waals surface area (Å²) in [6.07, 6.45) is 0. The van der Waals surface area contributed by atoms with Crippen LogP contribution in [-0.2, 0) is 9.31 Å². The third kappa shape index (κ3) is 5.98. The van der Waals surface area contributed by atoms with Crippen molar-refractivity contribution in [2.24, 2.45) is 0 Å². The van der Waals surface area contributed by atoms with Gasteiger partial charge in [-0.15, -0.1) is 0 Å². The van der Waals surface area contributed by atoms with Crippen LogP contribution in [-0.4, -0.2) is 43.2 Å². The molecule has 7 rings (SSSR count). The molecule has 0 N–H and O–H groups in total.